The van der Waals surface area contributed by atoms with Crippen molar-refractivity contribution in [3.63, 3.8) is 0 Å². The number of likely N-dealkylation sites (N-methyl/N-ethyl adjacent to an activating group) is 3. The van der Waals surface area contributed by atoms with E-state index < -0.39 is 0 Å². The molecule has 3 nitrogen and oxygen atoms in total. The summed E-state index contributed by atoms with van der Waals surface area (Å²) in [6.07, 6.45) is 2.63. The van der Waals surface area contributed by atoms with E-state index in [1.807, 2.05) is 0 Å². The van der Waals surface area contributed by atoms with Gasteiger partial charge in [-0.3, -0.25) is 4.90 Å². The second kappa shape index (κ2) is 7.21. The van der Waals surface area contributed by atoms with Gasteiger partial charge in [-0.15, -0.1) is 0 Å². The monoisotopic (exact) mass is 275 g/mol. The molecule has 1 aliphatic rings. The molecule has 0 bridgehead atoms. The molecule has 0 aliphatic carbocycles. The Balaban J connectivity index is 2.06. The first-order chi connectivity index (χ1) is 9.63. The molecule has 0 amide bonds. The number of hydrogen-bond acceptors (Lipinski definition) is 3. The van der Waals surface area contributed by atoms with Gasteiger partial charge in [0.05, 0.1) is 0 Å². The second-order valence-electron chi connectivity index (χ2n) is 6.14. The summed E-state index contributed by atoms with van der Waals surface area (Å²) in [6, 6.07) is 12.3. The number of rotatable bonds is 5. The summed E-state index contributed by atoms with van der Waals surface area (Å²) < 4.78 is 0. The Kier molecular flexibility index (Phi) is 5.58. The minimum Gasteiger partial charge on any atom is -0.312 e. The zero-order valence-corrected chi connectivity index (χ0v) is 13.3. The van der Waals surface area contributed by atoms with Gasteiger partial charge in [-0.25, -0.2) is 0 Å². The highest BCUT2D eigenvalue weighted by Gasteiger charge is 2.28. The molecule has 1 aliphatic heterocycles. The number of nitrogens with one attached hydrogen (secondary N) is 1. The molecule has 0 aromatic heterocycles. The first-order valence-electron chi connectivity index (χ1n) is 7.76. The molecule has 1 saturated heterocycles. The average molecular weight is 275 g/mol. The van der Waals surface area contributed by atoms with Crippen LogP contribution >= 0.6 is 0 Å². The topological polar surface area (TPSA) is 18.5 Å². The third kappa shape index (κ3) is 3.60. The highest BCUT2D eigenvalue weighted by Crippen LogP contribution is 2.24. The van der Waals surface area contributed by atoms with Crippen LogP contribution in [0.5, 0.6) is 0 Å². The predicted molar refractivity (Wildman–Crippen MR) is 86.0 cm³/mol. The summed E-state index contributed by atoms with van der Waals surface area (Å²) in [5.74, 6) is 0. The molecule has 1 aromatic rings. The van der Waals surface area contributed by atoms with Gasteiger partial charge in [0.15, 0.2) is 0 Å². The zero-order chi connectivity index (χ0) is 14.5. The van der Waals surface area contributed by atoms with Crippen LogP contribution in [0.1, 0.15) is 31.4 Å². The fraction of sp³-hybridized carbons (Fsp3) is 0.647. The van der Waals surface area contributed by atoms with Gasteiger partial charge in [0, 0.05) is 24.7 Å². The summed E-state index contributed by atoms with van der Waals surface area (Å²) in [5, 5.41) is 3.49. The largest absolute Gasteiger partial charge is 0.312 e. The van der Waals surface area contributed by atoms with Gasteiger partial charge in [-0.1, -0.05) is 30.3 Å². The molecule has 20 heavy (non-hydrogen) atoms. The Hall–Kier alpha value is -0.900. The summed E-state index contributed by atoms with van der Waals surface area (Å²) in [5.41, 5.74) is 1.37. The van der Waals surface area contributed by atoms with Gasteiger partial charge >= 0.3 is 0 Å². The first-order valence-corrected chi connectivity index (χ1v) is 7.76. The van der Waals surface area contributed by atoms with Crippen molar-refractivity contribution in [3.8, 4) is 0 Å². The van der Waals surface area contributed by atoms with E-state index in [9.17, 15) is 0 Å². The third-order valence-corrected chi connectivity index (χ3v) is 4.77. The lowest BCUT2D eigenvalue weighted by Crippen LogP contribution is -2.51. The van der Waals surface area contributed by atoms with E-state index in [0.717, 1.165) is 0 Å². The summed E-state index contributed by atoms with van der Waals surface area (Å²) >= 11 is 0. The van der Waals surface area contributed by atoms with E-state index in [1.165, 1.54) is 31.5 Å². The Bertz CT molecular complexity index is 392. The summed E-state index contributed by atoms with van der Waals surface area (Å²) in [6.45, 7) is 4.77. The zero-order valence-electron chi connectivity index (χ0n) is 13.3. The van der Waals surface area contributed by atoms with E-state index in [1.54, 1.807) is 0 Å². The number of nitrogens with zero attached hydrogens (tertiary/aromatic N) is 2. The number of likely N-dealkylation sites (tertiary alicyclic amines) is 1. The maximum Gasteiger partial charge on any atom is 0.0473 e. The molecule has 3 atom stereocenters. The summed E-state index contributed by atoms with van der Waals surface area (Å²) in [4.78, 5) is 5.01. The molecule has 0 spiro atoms. The Morgan fingerprint density at radius 3 is 2.60 bits per heavy atom. The van der Waals surface area contributed by atoms with Crippen LogP contribution in [-0.4, -0.2) is 56.1 Å². The molecule has 2 rings (SSSR count). The molecule has 1 N–H and O–H groups in total. The van der Waals surface area contributed by atoms with Crippen LogP contribution in [0.15, 0.2) is 30.3 Å². The average Bonchev–Trinajstić information content (AvgIpc) is 2.48. The molecule has 1 fully saturated rings. The normalized spacial score (nSPS) is 23.8. The highest BCUT2D eigenvalue weighted by atomic mass is 15.2. The van der Waals surface area contributed by atoms with E-state index in [0.29, 0.717) is 18.1 Å². The maximum absolute atomic E-state index is 3.49. The lowest BCUT2D eigenvalue weighted by molar-refractivity contribution is 0.0893. The van der Waals surface area contributed by atoms with Crippen molar-refractivity contribution in [1.29, 1.82) is 0 Å². The molecular formula is C17H29N3. The van der Waals surface area contributed by atoms with Crippen molar-refractivity contribution < 1.29 is 0 Å². The van der Waals surface area contributed by atoms with E-state index in [-0.39, 0.29) is 0 Å². The van der Waals surface area contributed by atoms with Crippen LogP contribution in [0, 0.1) is 0 Å². The first kappa shape index (κ1) is 15.5. The van der Waals surface area contributed by atoms with Crippen molar-refractivity contribution in [2.24, 2.45) is 0 Å². The van der Waals surface area contributed by atoms with Gasteiger partial charge in [-0.05, 0) is 53.0 Å². The predicted octanol–water partition coefficient (Wildman–Crippen LogP) is 2.36. The number of hydrogen-bond donors (Lipinski definition) is 1. The van der Waals surface area contributed by atoms with E-state index in [2.05, 4.69) is 73.5 Å². The van der Waals surface area contributed by atoms with Crippen LogP contribution in [0.3, 0.4) is 0 Å². The smallest absolute Gasteiger partial charge is 0.0473 e. The quantitative estimate of drug-likeness (QED) is 0.890. The number of benzene rings is 1. The van der Waals surface area contributed by atoms with Crippen LogP contribution in [0.2, 0.25) is 0 Å². The molecule has 0 radical (unpaired) electrons. The molecule has 3 unspecified atom stereocenters. The van der Waals surface area contributed by atoms with E-state index in [4.69, 9.17) is 0 Å². The molecule has 3 heteroatoms. The van der Waals surface area contributed by atoms with Crippen molar-refractivity contribution in [2.45, 2.75) is 37.9 Å². The highest BCUT2D eigenvalue weighted by molar-refractivity contribution is 5.20. The number of piperidine rings is 1. The molecule has 1 heterocycles. The molecule has 0 saturated carbocycles. The van der Waals surface area contributed by atoms with Gasteiger partial charge in [0.2, 0.25) is 0 Å². The van der Waals surface area contributed by atoms with Gasteiger partial charge < -0.3 is 10.2 Å². The Morgan fingerprint density at radius 2 is 2.00 bits per heavy atom. The van der Waals surface area contributed by atoms with Crippen molar-refractivity contribution in [2.75, 3.05) is 34.2 Å². The van der Waals surface area contributed by atoms with Crippen molar-refractivity contribution >= 4 is 0 Å². The van der Waals surface area contributed by atoms with Crippen LogP contribution in [-0.2, 0) is 0 Å². The van der Waals surface area contributed by atoms with Crippen molar-refractivity contribution in [3.05, 3.63) is 35.9 Å². The van der Waals surface area contributed by atoms with Gasteiger partial charge in [-0.2, -0.15) is 0 Å². The Labute approximate surface area is 124 Å². The lowest BCUT2D eigenvalue weighted by Gasteiger charge is -2.41. The van der Waals surface area contributed by atoms with Crippen LogP contribution in [0.4, 0.5) is 0 Å². The van der Waals surface area contributed by atoms with Gasteiger partial charge in [0.1, 0.15) is 0 Å². The van der Waals surface area contributed by atoms with Crippen molar-refractivity contribution in [1.82, 2.24) is 15.1 Å². The minimum atomic E-state index is 0.383. The summed E-state index contributed by atoms with van der Waals surface area (Å²) in [7, 11) is 6.58. The molecule has 112 valence electrons. The fourth-order valence-corrected chi connectivity index (χ4v) is 3.39. The Morgan fingerprint density at radius 1 is 1.30 bits per heavy atom. The van der Waals surface area contributed by atoms with E-state index >= 15 is 0 Å². The second-order valence-corrected chi connectivity index (χ2v) is 6.14. The third-order valence-electron chi connectivity index (χ3n) is 4.77. The van der Waals surface area contributed by atoms with Gasteiger partial charge in [0.25, 0.3) is 0 Å². The maximum atomic E-state index is 3.49. The fourth-order valence-electron chi connectivity index (χ4n) is 3.39. The standard InChI is InChI=1S/C17H29N3/c1-14(17(18-2)15-9-6-5-7-10-15)20(4)16-11-8-12-19(3)13-16/h5-7,9-10,14,16-18H,8,11-13H2,1-4H3. The molecular weight excluding hydrogens is 246 g/mol. The minimum absolute atomic E-state index is 0.383. The van der Waals surface area contributed by atoms with Crippen LogP contribution in [0.25, 0.3) is 0 Å². The van der Waals surface area contributed by atoms with Crippen LogP contribution < -0.4 is 5.32 Å². The SMILES string of the molecule is CNC(c1ccccc1)C(C)N(C)C1CCCN(C)C1. The lowest BCUT2D eigenvalue weighted by atomic mass is 9.96. The molecule has 1 aromatic carbocycles.